The van der Waals surface area contributed by atoms with Crippen LogP contribution < -0.4 is 9.64 Å². The van der Waals surface area contributed by atoms with Crippen molar-refractivity contribution in [2.45, 2.75) is 6.92 Å². The van der Waals surface area contributed by atoms with Crippen molar-refractivity contribution in [3.63, 3.8) is 0 Å². The lowest BCUT2D eigenvalue weighted by molar-refractivity contribution is -0.113. The number of nitrogens with zero attached hydrogens (tertiary/aromatic N) is 2. The minimum atomic E-state index is -0.161. The average Bonchev–Trinajstić information content (AvgIpc) is 3.10. The Balaban J connectivity index is 1.78. The molecular formula is C21H18N2O3S2. The lowest BCUT2D eigenvalue weighted by atomic mass is 10.1. The van der Waals surface area contributed by atoms with Crippen LogP contribution in [0.2, 0.25) is 0 Å². The largest absolute Gasteiger partial charge is 0.508 e. The zero-order chi connectivity index (χ0) is 20.0. The molecule has 1 amide bonds. The van der Waals surface area contributed by atoms with Crippen LogP contribution in [0.15, 0.2) is 47.4 Å². The molecule has 0 radical (unpaired) electrons. The third kappa shape index (κ3) is 2.96. The summed E-state index contributed by atoms with van der Waals surface area (Å²) in [4.78, 5) is 15.1. The van der Waals surface area contributed by atoms with Gasteiger partial charge in [-0.1, -0.05) is 24.0 Å². The van der Waals surface area contributed by atoms with Crippen LogP contribution in [-0.4, -0.2) is 27.0 Å². The van der Waals surface area contributed by atoms with Gasteiger partial charge in [0.1, 0.15) is 11.5 Å². The summed E-state index contributed by atoms with van der Waals surface area (Å²) in [6, 6.07) is 12.4. The molecule has 0 unspecified atom stereocenters. The maximum absolute atomic E-state index is 13.0. The molecule has 1 saturated heterocycles. The topological polar surface area (TPSA) is 54.7 Å². The van der Waals surface area contributed by atoms with Crippen LogP contribution in [0.5, 0.6) is 11.5 Å². The fourth-order valence-electron chi connectivity index (χ4n) is 3.31. The molecule has 1 aromatic heterocycles. The molecule has 1 aliphatic rings. The van der Waals surface area contributed by atoms with Crippen LogP contribution in [0.25, 0.3) is 17.0 Å². The molecule has 0 atom stereocenters. The maximum Gasteiger partial charge on any atom is 0.270 e. The van der Waals surface area contributed by atoms with Gasteiger partial charge in [-0.25, -0.2) is 0 Å². The zero-order valence-corrected chi connectivity index (χ0v) is 17.2. The Morgan fingerprint density at radius 1 is 1.18 bits per heavy atom. The van der Waals surface area contributed by atoms with E-state index in [4.69, 9.17) is 17.0 Å². The van der Waals surface area contributed by atoms with Crippen LogP contribution >= 0.6 is 24.0 Å². The van der Waals surface area contributed by atoms with Gasteiger partial charge in [0.2, 0.25) is 0 Å². The summed E-state index contributed by atoms with van der Waals surface area (Å²) in [5.74, 6) is 0.774. The first-order valence-electron chi connectivity index (χ1n) is 8.60. The number of fused-ring (bicyclic) bond motifs is 1. The van der Waals surface area contributed by atoms with E-state index in [-0.39, 0.29) is 11.7 Å². The number of phenols is 1. The molecular weight excluding hydrogens is 392 g/mol. The molecule has 0 saturated carbocycles. The predicted octanol–water partition coefficient (Wildman–Crippen LogP) is 4.61. The van der Waals surface area contributed by atoms with E-state index in [0.717, 1.165) is 27.9 Å². The molecule has 4 rings (SSSR count). The predicted molar refractivity (Wildman–Crippen MR) is 118 cm³/mol. The molecule has 1 aliphatic heterocycles. The van der Waals surface area contributed by atoms with Gasteiger partial charge in [-0.05, 0) is 49.4 Å². The highest BCUT2D eigenvalue weighted by atomic mass is 32.2. The van der Waals surface area contributed by atoms with Crippen molar-refractivity contribution in [2.24, 2.45) is 7.05 Å². The van der Waals surface area contributed by atoms with Gasteiger partial charge >= 0.3 is 0 Å². The Morgan fingerprint density at radius 3 is 2.57 bits per heavy atom. The van der Waals surface area contributed by atoms with Crippen molar-refractivity contribution in [2.75, 3.05) is 12.0 Å². The molecule has 1 fully saturated rings. The molecule has 2 aromatic carbocycles. The Morgan fingerprint density at radius 2 is 1.89 bits per heavy atom. The third-order valence-corrected chi connectivity index (χ3v) is 6.23. The minimum absolute atomic E-state index is 0.145. The quantitative estimate of drug-likeness (QED) is 0.505. The SMILES string of the molecule is COc1ccc2c(/C=C3\SC(=S)N(c4ccc(O)cc4)C3=O)c(C)n(C)c2c1. The molecule has 5 nitrogen and oxygen atoms in total. The molecule has 28 heavy (non-hydrogen) atoms. The molecule has 2 heterocycles. The molecule has 0 spiro atoms. The Bertz CT molecular complexity index is 1150. The second-order valence-electron chi connectivity index (χ2n) is 6.47. The summed E-state index contributed by atoms with van der Waals surface area (Å²) >= 11 is 6.72. The van der Waals surface area contributed by atoms with E-state index in [1.54, 1.807) is 31.4 Å². The molecule has 0 bridgehead atoms. The smallest absolute Gasteiger partial charge is 0.270 e. The summed E-state index contributed by atoms with van der Waals surface area (Å²) < 4.78 is 7.90. The highest BCUT2D eigenvalue weighted by Crippen LogP contribution is 2.38. The van der Waals surface area contributed by atoms with Crippen LogP contribution in [0.1, 0.15) is 11.3 Å². The number of aryl methyl sites for hydroxylation is 1. The number of aromatic hydroxyl groups is 1. The first-order chi connectivity index (χ1) is 13.4. The van der Waals surface area contributed by atoms with Crippen molar-refractivity contribution >= 4 is 56.9 Å². The minimum Gasteiger partial charge on any atom is -0.508 e. The Labute approximate surface area is 172 Å². The van der Waals surface area contributed by atoms with Gasteiger partial charge in [0, 0.05) is 29.8 Å². The first-order valence-corrected chi connectivity index (χ1v) is 9.83. The van der Waals surface area contributed by atoms with Gasteiger partial charge in [0.05, 0.1) is 23.2 Å². The van der Waals surface area contributed by atoms with Gasteiger partial charge in [-0.3, -0.25) is 9.69 Å². The fraction of sp³-hybridized carbons (Fsp3) is 0.143. The van der Waals surface area contributed by atoms with E-state index in [1.165, 1.54) is 16.7 Å². The molecule has 0 aliphatic carbocycles. The van der Waals surface area contributed by atoms with Crippen molar-refractivity contribution in [3.8, 4) is 11.5 Å². The molecule has 142 valence electrons. The number of ether oxygens (including phenoxy) is 1. The molecule has 1 N–H and O–H groups in total. The summed E-state index contributed by atoms with van der Waals surface area (Å²) in [5.41, 5.74) is 3.73. The number of carbonyl (C=O) groups excluding carboxylic acids is 1. The molecule has 3 aromatic rings. The summed E-state index contributed by atoms with van der Waals surface area (Å²) in [5, 5.41) is 10.5. The monoisotopic (exact) mass is 410 g/mol. The zero-order valence-electron chi connectivity index (χ0n) is 15.6. The number of aromatic nitrogens is 1. The summed E-state index contributed by atoms with van der Waals surface area (Å²) in [6.45, 7) is 2.03. The Kier molecular flexibility index (Phi) is 4.64. The van der Waals surface area contributed by atoms with Crippen LogP contribution in [-0.2, 0) is 11.8 Å². The van der Waals surface area contributed by atoms with Gasteiger partial charge in [0.15, 0.2) is 4.32 Å². The van der Waals surface area contributed by atoms with Gasteiger partial charge in [-0.2, -0.15) is 0 Å². The lowest BCUT2D eigenvalue weighted by Gasteiger charge is -2.14. The van der Waals surface area contributed by atoms with Crippen LogP contribution in [0, 0.1) is 6.92 Å². The number of phenolic OH excluding ortho intramolecular Hbond substituents is 1. The Hall–Kier alpha value is -2.77. The van der Waals surface area contributed by atoms with Crippen molar-refractivity contribution in [3.05, 3.63) is 58.6 Å². The number of hydrogen-bond donors (Lipinski definition) is 1. The number of thiocarbonyl (C=S) groups is 1. The summed E-state index contributed by atoms with van der Waals surface area (Å²) in [7, 11) is 3.64. The number of hydrogen-bond acceptors (Lipinski definition) is 5. The summed E-state index contributed by atoms with van der Waals surface area (Å²) in [6.07, 6.45) is 1.91. The number of thioether (sulfide) groups is 1. The maximum atomic E-state index is 13.0. The number of carbonyl (C=O) groups is 1. The second kappa shape index (κ2) is 7.00. The van der Waals surface area contributed by atoms with Gasteiger partial charge in [0.25, 0.3) is 5.91 Å². The van der Waals surface area contributed by atoms with E-state index in [0.29, 0.717) is 14.9 Å². The lowest BCUT2D eigenvalue weighted by Crippen LogP contribution is -2.27. The van der Waals surface area contributed by atoms with Crippen molar-refractivity contribution in [1.29, 1.82) is 0 Å². The van der Waals surface area contributed by atoms with E-state index >= 15 is 0 Å². The van der Waals surface area contributed by atoms with Gasteiger partial charge in [-0.15, -0.1) is 0 Å². The van der Waals surface area contributed by atoms with E-state index in [9.17, 15) is 9.90 Å². The number of anilines is 1. The average molecular weight is 411 g/mol. The number of benzene rings is 2. The van der Waals surface area contributed by atoms with E-state index in [1.807, 2.05) is 38.2 Å². The molecule has 7 heteroatoms. The fourth-order valence-corrected chi connectivity index (χ4v) is 4.59. The highest BCUT2D eigenvalue weighted by molar-refractivity contribution is 8.27. The normalized spacial score (nSPS) is 15.8. The van der Waals surface area contributed by atoms with Crippen LogP contribution in [0.4, 0.5) is 5.69 Å². The van der Waals surface area contributed by atoms with Gasteiger partial charge < -0.3 is 14.4 Å². The third-order valence-electron chi connectivity index (χ3n) is 4.93. The number of rotatable bonds is 3. The first kappa shape index (κ1) is 18.6. The number of amides is 1. The number of methoxy groups -OCH3 is 1. The standard InChI is InChI=1S/C21H18N2O3S2/c1-12-17(16-9-8-15(26-3)10-18(16)22(12)2)11-19-20(25)23(21(27)28-19)13-4-6-14(24)7-5-13/h4-11,24H,1-3H3/b19-11-. The van der Waals surface area contributed by atoms with E-state index in [2.05, 4.69) is 4.57 Å². The van der Waals surface area contributed by atoms with Crippen molar-refractivity contribution in [1.82, 2.24) is 4.57 Å². The second-order valence-corrected chi connectivity index (χ2v) is 8.15. The highest BCUT2D eigenvalue weighted by Gasteiger charge is 2.33. The van der Waals surface area contributed by atoms with Crippen LogP contribution in [0.3, 0.4) is 0 Å². The van der Waals surface area contributed by atoms with E-state index < -0.39 is 0 Å². The van der Waals surface area contributed by atoms with Crippen molar-refractivity contribution < 1.29 is 14.6 Å².